The monoisotopic (exact) mass is 361 g/mol. The van der Waals surface area contributed by atoms with Gasteiger partial charge in [-0.05, 0) is 18.6 Å². The number of halogens is 3. The molecule has 0 saturated carbocycles. The molecule has 1 nitrogen and oxygen atoms in total. The lowest BCUT2D eigenvalue weighted by Gasteiger charge is -2.06. The molecule has 16 heavy (non-hydrogen) atoms. The van der Waals surface area contributed by atoms with Gasteiger partial charge in [0.25, 0.3) is 0 Å². The van der Waals surface area contributed by atoms with Gasteiger partial charge in [0.15, 0.2) is 0 Å². The van der Waals surface area contributed by atoms with Crippen LogP contribution < -0.4 is 0 Å². The largest absolute Gasteiger partial charge is 0.193 e. The third kappa shape index (κ3) is 3.35. The van der Waals surface area contributed by atoms with Gasteiger partial charge >= 0.3 is 0 Å². The quantitative estimate of drug-likeness (QED) is 0.652. The van der Waals surface area contributed by atoms with E-state index in [1.807, 2.05) is 25.1 Å². The van der Waals surface area contributed by atoms with Crippen molar-refractivity contribution in [2.75, 3.05) is 0 Å². The predicted octanol–water partition coefficient (Wildman–Crippen LogP) is 5.49. The van der Waals surface area contributed by atoms with Crippen LogP contribution in [0.4, 0.5) is 0 Å². The zero-order valence-corrected chi connectivity index (χ0v) is 12.7. The summed E-state index contributed by atoms with van der Waals surface area (Å²) in [6.07, 6.45) is 1.62. The fraction of sp³-hybridized carbons (Fsp3) is 0.250. The Morgan fingerprint density at radius 1 is 1.44 bits per heavy atom. The molecule has 0 heterocycles. The first-order valence-electron chi connectivity index (χ1n) is 4.84. The minimum atomic E-state index is 0.531. The first-order chi connectivity index (χ1) is 7.60. The van der Waals surface area contributed by atoms with Gasteiger partial charge in [0.1, 0.15) is 0 Å². The maximum atomic E-state index is 9.02. The number of rotatable bonds is 3. The second-order valence-corrected chi connectivity index (χ2v) is 5.43. The fourth-order valence-corrected chi connectivity index (χ4v) is 2.96. The van der Waals surface area contributed by atoms with Crippen LogP contribution in [0.2, 0.25) is 0 Å². The summed E-state index contributed by atoms with van der Waals surface area (Å²) in [5, 5.41) is 9.55. The van der Waals surface area contributed by atoms with Gasteiger partial charge in [-0.1, -0.05) is 62.9 Å². The van der Waals surface area contributed by atoms with E-state index in [1.165, 1.54) is 0 Å². The summed E-state index contributed by atoms with van der Waals surface area (Å²) in [5.74, 6) is 0. The van der Waals surface area contributed by atoms with Crippen LogP contribution in [-0.4, -0.2) is 0 Å². The molecule has 0 spiro atoms. The lowest BCUT2D eigenvalue weighted by atomic mass is 10.1. The Labute approximate surface area is 117 Å². The molecule has 0 unspecified atom stereocenters. The van der Waals surface area contributed by atoms with E-state index in [-0.39, 0.29) is 0 Å². The second kappa shape index (κ2) is 6.44. The van der Waals surface area contributed by atoms with E-state index >= 15 is 0 Å². The third-order valence-corrected chi connectivity index (χ3v) is 3.65. The lowest BCUT2D eigenvalue weighted by molar-refractivity contribution is 0.933. The van der Waals surface area contributed by atoms with Crippen molar-refractivity contribution in [1.82, 2.24) is 0 Å². The molecule has 0 aliphatic carbocycles. The molecule has 0 N–H and O–H groups in total. The highest BCUT2D eigenvalue weighted by Crippen LogP contribution is 2.32. The van der Waals surface area contributed by atoms with E-state index in [4.69, 9.17) is 16.9 Å². The van der Waals surface area contributed by atoms with Gasteiger partial charge in [-0.25, -0.2) is 0 Å². The van der Waals surface area contributed by atoms with Gasteiger partial charge < -0.3 is 0 Å². The Hall–Kier alpha value is -0.300. The summed E-state index contributed by atoms with van der Waals surface area (Å²) in [4.78, 5) is 0. The summed E-state index contributed by atoms with van der Waals surface area (Å²) in [5.41, 5.74) is 1.49. The topological polar surface area (TPSA) is 23.8 Å². The molecule has 4 heteroatoms. The van der Waals surface area contributed by atoms with E-state index in [0.29, 0.717) is 17.0 Å². The van der Waals surface area contributed by atoms with Crippen LogP contribution in [0.15, 0.2) is 32.7 Å². The normalized spacial score (nSPS) is 11.9. The summed E-state index contributed by atoms with van der Waals surface area (Å²) >= 11 is 13.0. The number of allylic oxidation sites excluding steroid dienone is 1. The highest BCUT2D eigenvalue weighted by molar-refractivity contribution is 9.11. The molecule has 0 aliphatic heterocycles. The Kier molecular flexibility index (Phi) is 5.54. The van der Waals surface area contributed by atoms with Gasteiger partial charge in [-0.15, -0.1) is 0 Å². The van der Waals surface area contributed by atoms with Gasteiger partial charge in [0.2, 0.25) is 0 Å². The zero-order chi connectivity index (χ0) is 12.1. The lowest BCUT2D eigenvalue weighted by Crippen LogP contribution is -1.87. The maximum Gasteiger partial charge on any atom is 0.0962 e. The van der Waals surface area contributed by atoms with E-state index in [2.05, 4.69) is 37.9 Å². The van der Waals surface area contributed by atoms with Crippen molar-refractivity contribution in [3.8, 4) is 6.07 Å². The average molecular weight is 363 g/mol. The minimum absolute atomic E-state index is 0.531. The van der Waals surface area contributed by atoms with Crippen LogP contribution in [0.1, 0.15) is 25.3 Å². The Morgan fingerprint density at radius 2 is 2.12 bits per heavy atom. The first-order valence-corrected chi connectivity index (χ1v) is 6.80. The van der Waals surface area contributed by atoms with E-state index in [1.54, 1.807) is 0 Å². The molecule has 0 fully saturated rings. The zero-order valence-electron chi connectivity index (χ0n) is 8.73. The number of nitrogens with zero attached hydrogens (tertiary/aromatic N) is 1. The van der Waals surface area contributed by atoms with Crippen molar-refractivity contribution in [3.05, 3.63) is 38.3 Å². The molecule has 1 aromatic rings. The van der Waals surface area contributed by atoms with E-state index in [0.717, 1.165) is 20.9 Å². The van der Waals surface area contributed by atoms with Crippen molar-refractivity contribution in [1.29, 1.82) is 5.26 Å². The molecule has 0 amide bonds. The van der Waals surface area contributed by atoms with E-state index in [9.17, 15) is 0 Å². The smallest absolute Gasteiger partial charge is 0.0962 e. The van der Waals surface area contributed by atoms with Crippen molar-refractivity contribution >= 4 is 48.5 Å². The van der Waals surface area contributed by atoms with Crippen LogP contribution in [0, 0.1) is 11.3 Å². The molecule has 1 aromatic carbocycles. The number of hydrogen-bond donors (Lipinski definition) is 0. The average Bonchev–Trinajstić information content (AvgIpc) is 2.25. The second-order valence-electron chi connectivity index (χ2n) is 3.28. The molecule has 0 aromatic heterocycles. The molecule has 0 bridgehead atoms. The number of nitriles is 1. The molecule has 0 atom stereocenters. The first kappa shape index (κ1) is 13.8. The van der Waals surface area contributed by atoms with Crippen LogP contribution >= 0.6 is 43.5 Å². The fourth-order valence-electron chi connectivity index (χ4n) is 1.29. The van der Waals surface area contributed by atoms with Crippen LogP contribution in [0.3, 0.4) is 0 Å². The van der Waals surface area contributed by atoms with Gasteiger partial charge in [0, 0.05) is 20.1 Å². The van der Waals surface area contributed by atoms with Crippen molar-refractivity contribution in [2.45, 2.75) is 19.8 Å². The van der Waals surface area contributed by atoms with Crippen LogP contribution in [-0.2, 0) is 0 Å². The highest BCUT2D eigenvalue weighted by Gasteiger charge is 2.09. The standard InChI is InChI=1S/C12H10Br2ClN/c1-2-3-8(7-16)12(15)10-5-4-9(13)6-11(10)14/h4-6H,2-3H2,1H3/b12-8-. The summed E-state index contributed by atoms with van der Waals surface area (Å²) in [6, 6.07) is 7.87. The van der Waals surface area contributed by atoms with Crippen LogP contribution in [0.25, 0.3) is 5.03 Å². The number of hydrogen-bond acceptors (Lipinski definition) is 1. The number of benzene rings is 1. The molecule has 0 saturated heterocycles. The third-order valence-electron chi connectivity index (χ3n) is 2.07. The van der Waals surface area contributed by atoms with Gasteiger partial charge in [-0.3, -0.25) is 0 Å². The van der Waals surface area contributed by atoms with Crippen molar-refractivity contribution in [2.24, 2.45) is 0 Å². The SMILES string of the molecule is CCC/C(C#N)=C(/Cl)c1ccc(Br)cc1Br. The molecule has 0 radical (unpaired) electrons. The van der Waals surface area contributed by atoms with Crippen LogP contribution in [0.5, 0.6) is 0 Å². The van der Waals surface area contributed by atoms with Gasteiger partial charge in [-0.2, -0.15) is 5.26 Å². The van der Waals surface area contributed by atoms with Gasteiger partial charge in [0.05, 0.1) is 11.1 Å². The summed E-state index contributed by atoms with van der Waals surface area (Å²) < 4.78 is 1.86. The van der Waals surface area contributed by atoms with E-state index < -0.39 is 0 Å². The minimum Gasteiger partial charge on any atom is -0.193 e. The summed E-state index contributed by atoms with van der Waals surface area (Å²) in [7, 11) is 0. The Morgan fingerprint density at radius 3 is 2.62 bits per heavy atom. The highest BCUT2D eigenvalue weighted by atomic mass is 79.9. The maximum absolute atomic E-state index is 9.02. The Balaban J connectivity index is 3.22. The Bertz CT molecular complexity index is 461. The van der Waals surface area contributed by atoms with Crippen molar-refractivity contribution < 1.29 is 0 Å². The molecule has 84 valence electrons. The molecular weight excluding hydrogens is 353 g/mol. The summed E-state index contributed by atoms with van der Waals surface area (Å²) in [6.45, 7) is 2.03. The predicted molar refractivity (Wildman–Crippen MR) is 75.1 cm³/mol. The molecule has 1 rings (SSSR count). The van der Waals surface area contributed by atoms with Crippen molar-refractivity contribution in [3.63, 3.8) is 0 Å². The molecular formula is C12H10Br2ClN. The molecule has 0 aliphatic rings.